The van der Waals surface area contributed by atoms with Crippen molar-refractivity contribution >= 4 is 40.3 Å². The van der Waals surface area contributed by atoms with Crippen LogP contribution < -0.4 is 10.2 Å². The molecule has 0 aliphatic carbocycles. The molecule has 7 heteroatoms. The number of thiazole rings is 1. The molecule has 1 heterocycles. The first-order valence-corrected chi connectivity index (χ1v) is 10.7. The van der Waals surface area contributed by atoms with E-state index >= 15 is 0 Å². The maximum atomic E-state index is 12.2. The Morgan fingerprint density at radius 1 is 1.10 bits per heavy atom. The normalized spacial score (nSPS) is 10.9. The molecule has 0 amide bonds. The lowest BCUT2D eigenvalue weighted by Gasteiger charge is -2.05. The molecule has 154 valence electrons. The highest BCUT2D eigenvalue weighted by Gasteiger charge is 2.08. The fourth-order valence-corrected chi connectivity index (χ4v) is 3.59. The number of aryl methyl sites for hydroxylation is 1. The molecule has 0 saturated heterocycles. The SMILES string of the molecule is Cc1cccc(C(=O)Oc2ccc(/C=N\Nc3nc(-c4ccc(Cl)cc4)cs3)cc2)c1. The third-order valence-corrected chi connectivity index (χ3v) is 5.36. The van der Waals surface area contributed by atoms with Gasteiger partial charge in [-0.1, -0.05) is 41.4 Å². The van der Waals surface area contributed by atoms with Crippen LogP contribution in [0.4, 0.5) is 5.13 Å². The van der Waals surface area contributed by atoms with Gasteiger partial charge in [0, 0.05) is 16.0 Å². The number of carbonyl (C=O) groups is 1. The van der Waals surface area contributed by atoms with Gasteiger partial charge in [0.15, 0.2) is 0 Å². The lowest BCUT2D eigenvalue weighted by atomic mass is 10.1. The Morgan fingerprint density at radius 3 is 2.61 bits per heavy atom. The fourth-order valence-electron chi connectivity index (χ4n) is 2.80. The van der Waals surface area contributed by atoms with Crippen molar-refractivity contribution < 1.29 is 9.53 Å². The van der Waals surface area contributed by atoms with Gasteiger partial charge in [0.2, 0.25) is 5.13 Å². The van der Waals surface area contributed by atoms with Gasteiger partial charge in [-0.15, -0.1) is 11.3 Å². The molecule has 0 fully saturated rings. The van der Waals surface area contributed by atoms with Gasteiger partial charge in [0.25, 0.3) is 0 Å². The summed E-state index contributed by atoms with van der Waals surface area (Å²) in [6.45, 7) is 1.93. The molecule has 1 aromatic heterocycles. The van der Waals surface area contributed by atoms with Crippen molar-refractivity contribution in [2.45, 2.75) is 6.92 Å². The van der Waals surface area contributed by atoms with Crippen molar-refractivity contribution in [2.75, 3.05) is 5.43 Å². The van der Waals surface area contributed by atoms with E-state index in [2.05, 4.69) is 15.5 Å². The van der Waals surface area contributed by atoms with Crippen LogP contribution in [0.1, 0.15) is 21.5 Å². The smallest absolute Gasteiger partial charge is 0.343 e. The zero-order chi connectivity index (χ0) is 21.6. The number of nitrogens with one attached hydrogen (secondary N) is 1. The Labute approximate surface area is 189 Å². The molecule has 0 radical (unpaired) electrons. The van der Waals surface area contributed by atoms with Crippen molar-refractivity contribution in [1.82, 2.24) is 4.98 Å². The molecule has 4 rings (SSSR count). The van der Waals surface area contributed by atoms with Crippen LogP contribution in [0.3, 0.4) is 0 Å². The Balaban J connectivity index is 1.34. The van der Waals surface area contributed by atoms with Crippen molar-refractivity contribution in [3.8, 4) is 17.0 Å². The summed E-state index contributed by atoms with van der Waals surface area (Å²) in [6.07, 6.45) is 1.68. The first-order chi connectivity index (χ1) is 15.1. The van der Waals surface area contributed by atoms with Crippen LogP contribution in [0.25, 0.3) is 11.3 Å². The quantitative estimate of drug-likeness (QED) is 0.160. The first-order valence-electron chi connectivity index (χ1n) is 9.46. The summed E-state index contributed by atoms with van der Waals surface area (Å²) in [6, 6.07) is 21.9. The summed E-state index contributed by atoms with van der Waals surface area (Å²) >= 11 is 7.39. The summed E-state index contributed by atoms with van der Waals surface area (Å²) in [5, 5.41) is 7.56. The number of hydrogen-bond donors (Lipinski definition) is 1. The number of aromatic nitrogens is 1. The first kappa shape index (κ1) is 20.8. The average Bonchev–Trinajstić information content (AvgIpc) is 3.24. The minimum Gasteiger partial charge on any atom is -0.423 e. The lowest BCUT2D eigenvalue weighted by molar-refractivity contribution is 0.0734. The monoisotopic (exact) mass is 447 g/mol. The Kier molecular flexibility index (Phi) is 6.40. The molecular weight excluding hydrogens is 430 g/mol. The number of hydrazone groups is 1. The van der Waals surface area contributed by atoms with Crippen LogP contribution in [-0.4, -0.2) is 17.2 Å². The van der Waals surface area contributed by atoms with Crippen molar-refractivity contribution in [3.63, 3.8) is 0 Å². The molecule has 3 aromatic carbocycles. The molecule has 0 aliphatic rings. The van der Waals surface area contributed by atoms with Crippen LogP contribution in [0, 0.1) is 6.92 Å². The van der Waals surface area contributed by atoms with E-state index in [1.165, 1.54) is 11.3 Å². The molecule has 5 nitrogen and oxygen atoms in total. The molecule has 1 N–H and O–H groups in total. The summed E-state index contributed by atoms with van der Waals surface area (Å²) in [7, 11) is 0. The number of rotatable bonds is 6. The molecule has 4 aromatic rings. The van der Waals surface area contributed by atoms with Crippen LogP contribution in [0.15, 0.2) is 83.3 Å². The lowest BCUT2D eigenvalue weighted by Crippen LogP contribution is -2.08. The number of esters is 1. The van der Waals surface area contributed by atoms with Gasteiger partial charge in [-0.25, -0.2) is 9.78 Å². The third kappa shape index (κ3) is 5.57. The standard InChI is InChI=1S/C24H18ClN3O2S/c1-16-3-2-4-19(13-16)23(29)30-21-11-5-17(6-12-21)14-26-28-24-27-22(15-31-24)18-7-9-20(25)10-8-18/h2-15H,1H3,(H,27,28)/b26-14-. The van der Waals surface area contributed by atoms with Gasteiger partial charge in [0.05, 0.1) is 17.5 Å². The summed E-state index contributed by atoms with van der Waals surface area (Å²) in [5.74, 6) is 0.0937. The number of carbonyl (C=O) groups excluding carboxylic acids is 1. The van der Waals surface area contributed by atoms with E-state index in [9.17, 15) is 4.79 Å². The number of nitrogens with zero attached hydrogens (tertiary/aromatic N) is 2. The van der Waals surface area contributed by atoms with E-state index in [4.69, 9.17) is 16.3 Å². The molecule has 0 bridgehead atoms. The maximum absolute atomic E-state index is 12.2. The van der Waals surface area contributed by atoms with Crippen molar-refractivity contribution in [3.05, 3.63) is 99.9 Å². The number of ether oxygens (including phenoxy) is 1. The van der Waals surface area contributed by atoms with Gasteiger partial charge in [-0.05, 0) is 61.0 Å². The van der Waals surface area contributed by atoms with E-state index in [-0.39, 0.29) is 5.97 Å². The second-order valence-electron chi connectivity index (χ2n) is 6.74. The van der Waals surface area contributed by atoms with Crippen LogP contribution >= 0.6 is 22.9 Å². The zero-order valence-corrected chi connectivity index (χ0v) is 18.2. The van der Waals surface area contributed by atoms with Gasteiger partial charge < -0.3 is 4.74 Å². The van der Waals surface area contributed by atoms with Gasteiger partial charge in [-0.3, -0.25) is 5.43 Å². The predicted molar refractivity (Wildman–Crippen MR) is 126 cm³/mol. The fraction of sp³-hybridized carbons (Fsp3) is 0.0417. The van der Waals surface area contributed by atoms with Crippen molar-refractivity contribution in [1.29, 1.82) is 0 Å². The predicted octanol–water partition coefficient (Wildman–Crippen LogP) is 6.44. The minimum atomic E-state index is -0.382. The summed E-state index contributed by atoms with van der Waals surface area (Å²) in [5.41, 5.74) is 7.18. The van der Waals surface area contributed by atoms with Crippen LogP contribution in [-0.2, 0) is 0 Å². The van der Waals surface area contributed by atoms with Gasteiger partial charge >= 0.3 is 5.97 Å². The minimum absolute atomic E-state index is 0.382. The van der Waals surface area contributed by atoms with Crippen LogP contribution in [0.2, 0.25) is 5.02 Å². The molecule has 0 spiro atoms. The number of hydrogen-bond acceptors (Lipinski definition) is 6. The number of anilines is 1. The largest absolute Gasteiger partial charge is 0.423 e. The van der Waals surface area contributed by atoms with Crippen LogP contribution in [0.5, 0.6) is 5.75 Å². The van der Waals surface area contributed by atoms with E-state index in [0.717, 1.165) is 22.4 Å². The van der Waals surface area contributed by atoms with E-state index < -0.39 is 0 Å². The van der Waals surface area contributed by atoms with E-state index in [1.54, 1.807) is 30.5 Å². The molecule has 0 aliphatic heterocycles. The Bertz CT molecular complexity index is 1220. The van der Waals surface area contributed by atoms with Crippen molar-refractivity contribution in [2.24, 2.45) is 5.10 Å². The molecular formula is C24H18ClN3O2S. The van der Waals surface area contributed by atoms with E-state index in [0.29, 0.717) is 21.5 Å². The second-order valence-corrected chi connectivity index (χ2v) is 8.04. The third-order valence-electron chi connectivity index (χ3n) is 4.36. The molecule has 0 unspecified atom stereocenters. The highest BCUT2D eigenvalue weighted by molar-refractivity contribution is 7.14. The second kappa shape index (κ2) is 9.55. The topological polar surface area (TPSA) is 63.6 Å². The summed E-state index contributed by atoms with van der Waals surface area (Å²) < 4.78 is 5.42. The Morgan fingerprint density at radius 2 is 1.87 bits per heavy atom. The van der Waals surface area contributed by atoms with Gasteiger partial charge in [-0.2, -0.15) is 5.10 Å². The van der Waals surface area contributed by atoms with E-state index in [1.807, 2.05) is 60.8 Å². The molecule has 0 atom stereocenters. The average molecular weight is 448 g/mol. The number of benzene rings is 3. The molecule has 31 heavy (non-hydrogen) atoms. The zero-order valence-electron chi connectivity index (χ0n) is 16.6. The molecule has 0 saturated carbocycles. The highest BCUT2D eigenvalue weighted by atomic mass is 35.5. The van der Waals surface area contributed by atoms with Gasteiger partial charge in [0.1, 0.15) is 5.75 Å². The summed E-state index contributed by atoms with van der Waals surface area (Å²) in [4.78, 5) is 16.7. The highest BCUT2D eigenvalue weighted by Crippen LogP contribution is 2.26. The maximum Gasteiger partial charge on any atom is 0.343 e. The Hall–Kier alpha value is -3.48. The number of halogens is 1.